The Balaban J connectivity index is 2.14. The number of hydrogen-bond acceptors (Lipinski definition) is 3. The van der Waals surface area contributed by atoms with E-state index in [0.29, 0.717) is 6.04 Å². The molecule has 0 saturated carbocycles. The molecular formula is C16H26N2O. The Labute approximate surface area is 116 Å². The van der Waals surface area contributed by atoms with Crippen molar-refractivity contribution in [2.75, 3.05) is 19.7 Å². The van der Waals surface area contributed by atoms with Crippen molar-refractivity contribution in [3.05, 3.63) is 34.9 Å². The van der Waals surface area contributed by atoms with E-state index in [1.54, 1.807) is 0 Å². The lowest BCUT2D eigenvalue weighted by molar-refractivity contribution is -0.0499. The molecule has 1 aromatic carbocycles. The smallest absolute Gasteiger partial charge is 0.0850 e. The molecule has 3 atom stereocenters. The van der Waals surface area contributed by atoms with Gasteiger partial charge in [0.25, 0.3) is 0 Å². The molecule has 2 N–H and O–H groups in total. The summed E-state index contributed by atoms with van der Waals surface area (Å²) in [6, 6.07) is 7.20. The summed E-state index contributed by atoms with van der Waals surface area (Å²) >= 11 is 0. The fourth-order valence-corrected chi connectivity index (χ4v) is 2.77. The van der Waals surface area contributed by atoms with E-state index >= 15 is 0 Å². The van der Waals surface area contributed by atoms with Crippen molar-refractivity contribution in [2.24, 2.45) is 5.73 Å². The molecule has 0 radical (unpaired) electrons. The first kappa shape index (κ1) is 14.5. The van der Waals surface area contributed by atoms with Gasteiger partial charge in [0.2, 0.25) is 0 Å². The zero-order valence-corrected chi connectivity index (χ0v) is 12.5. The maximum atomic E-state index is 5.97. The van der Waals surface area contributed by atoms with Crippen LogP contribution in [0.1, 0.15) is 36.6 Å². The molecule has 0 spiro atoms. The predicted octanol–water partition coefficient (Wildman–Crippen LogP) is 2.41. The monoisotopic (exact) mass is 262 g/mol. The van der Waals surface area contributed by atoms with Gasteiger partial charge in [-0.1, -0.05) is 23.8 Å². The van der Waals surface area contributed by atoms with Crippen LogP contribution >= 0.6 is 0 Å². The molecule has 0 aromatic heterocycles. The van der Waals surface area contributed by atoms with Crippen molar-refractivity contribution in [1.29, 1.82) is 0 Å². The third kappa shape index (κ3) is 3.35. The van der Waals surface area contributed by atoms with Crippen LogP contribution in [0.5, 0.6) is 0 Å². The summed E-state index contributed by atoms with van der Waals surface area (Å²) in [6.45, 7) is 11.3. The van der Waals surface area contributed by atoms with Gasteiger partial charge in [0.1, 0.15) is 0 Å². The minimum atomic E-state index is 0.0913. The van der Waals surface area contributed by atoms with Gasteiger partial charge >= 0.3 is 0 Å². The molecule has 1 saturated heterocycles. The summed E-state index contributed by atoms with van der Waals surface area (Å²) in [5, 5.41) is 0. The Bertz CT molecular complexity index is 431. The second kappa shape index (κ2) is 6.04. The lowest BCUT2D eigenvalue weighted by atomic mass is 9.98. The van der Waals surface area contributed by atoms with Gasteiger partial charge in [-0.05, 0) is 38.8 Å². The quantitative estimate of drug-likeness (QED) is 0.909. The fraction of sp³-hybridized carbons (Fsp3) is 0.625. The minimum absolute atomic E-state index is 0.0913. The summed E-state index contributed by atoms with van der Waals surface area (Å²) in [7, 11) is 0. The van der Waals surface area contributed by atoms with E-state index in [1.807, 2.05) is 6.92 Å². The normalized spacial score (nSPS) is 24.2. The molecule has 3 unspecified atom stereocenters. The summed E-state index contributed by atoms with van der Waals surface area (Å²) in [4.78, 5) is 2.49. The van der Waals surface area contributed by atoms with Gasteiger partial charge in [-0.15, -0.1) is 0 Å². The molecule has 106 valence electrons. The molecule has 1 fully saturated rings. The van der Waals surface area contributed by atoms with Crippen LogP contribution in [-0.2, 0) is 4.74 Å². The van der Waals surface area contributed by atoms with Gasteiger partial charge in [-0.25, -0.2) is 0 Å². The van der Waals surface area contributed by atoms with Crippen LogP contribution in [0.4, 0.5) is 0 Å². The van der Waals surface area contributed by atoms with Gasteiger partial charge in [0, 0.05) is 25.2 Å². The third-order valence-corrected chi connectivity index (χ3v) is 4.14. The third-order valence-electron chi connectivity index (χ3n) is 4.14. The number of nitrogens with two attached hydrogens (primary N) is 1. The molecule has 0 aliphatic carbocycles. The van der Waals surface area contributed by atoms with E-state index < -0.39 is 0 Å². The second-order valence-electron chi connectivity index (χ2n) is 5.80. The number of morpholine rings is 1. The Morgan fingerprint density at radius 2 is 2.05 bits per heavy atom. The maximum Gasteiger partial charge on any atom is 0.0850 e. The van der Waals surface area contributed by atoms with Crippen LogP contribution in [0, 0.1) is 13.8 Å². The van der Waals surface area contributed by atoms with Gasteiger partial charge < -0.3 is 10.5 Å². The van der Waals surface area contributed by atoms with E-state index in [2.05, 4.69) is 43.9 Å². The van der Waals surface area contributed by atoms with Crippen molar-refractivity contribution in [2.45, 2.75) is 45.9 Å². The number of nitrogens with zero attached hydrogens (tertiary/aromatic N) is 1. The minimum Gasteiger partial charge on any atom is -0.374 e. The second-order valence-corrected chi connectivity index (χ2v) is 5.80. The van der Waals surface area contributed by atoms with Crippen molar-refractivity contribution < 1.29 is 4.74 Å². The standard InChI is InChI=1S/C16H26N2O/c1-11-5-6-12(2)15(9-11)14(4)18-7-8-19-16(10-18)13(3)17/h5-6,9,13-14,16H,7-8,10,17H2,1-4H3. The van der Waals surface area contributed by atoms with Crippen molar-refractivity contribution in [1.82, 2.24) is 4.90 Å². The molecule has 1 aliphatic heterocycles. The van der Waals surface area contributed by atoms with Crippen LogP contribution in [0.15, 0.2) is 18.2 Å². The van der Waals surface area contributed by atoms with E-state index in [4.69, 9.17) is 10.5 Å². The van der Waals surface area contributed by atoms with Gasteiger partial charge in [0.15, 0.2) is 0 Å². The number of aryl methyl sites for hydroxylation is 2. The molecule has 19 heavy (non-hydrogen) atoms. The SMILES string of the molecule is Cc1ccc(C)c(C(C)N2CCOC(C(C)N)C2)c1. The average Bonchev–Trinajstić information content (AvgIpc) is 2.41. The summed E-state index contributed by atoms with van der Waals surface area (Å²) in [5.74, 6) is 0. The van der Waals surface area contributed by atoms with Crippen LogP contribution in [0.25, 0.3) is 0 Å². The van der Waals surface area contributed by atoms with Crippen LogP contribution in [-0.4, -0.2) is 36.7 Å². The molecule has 0 bridgehead atoms. The largest absolute Gasteiger partial charge is 0.374 e. The van der Waals surface area contributed by atoms with Crippen LogP contribution in [0.3, 0.4) is 0 Å². The molecule has 1 aliphatic rings. The molecule has 3 nitrogen and oxygen atoms in total. The number of hydrogen-bond donors (Lipinski definition) is 1. The number of ether oxygens (including phenoxy) is 1. The molecule has 2 rings (SSSR count). The van der Waals surface area contributed by atoms with Gasteiger partial charge in [-0.3, -0.25) is 4.90 Å². The van der Waals surface area contributed by atoms with Crippen LogP contribution in [0.2, 0.25) is 0 Å². The van der Waals surface area contributed by atoms with Crippen molar-refractivity contribution in [3.63, 3.8) is 0 Å². The first-order chi connectivity index (χ1) is 8.99. The summed E-state index contributed by atoms with van der Waals surface area (Å²) < 4.78 is 5.74. The Hall–Kier alpha value is -0.900. The Morgan fingerprint density at radius 3 is 2.74 bits per heavy atom. The Kier molecular flexibility index (Phi) is 4.61. The number of rotatable bonds is 3. The van der Waals surface area contributed by atoms with E-state index in [-0.39, 0.29) is 12.1 Å². The first-order valence-corrected chi connectivity index (χ1v) is 7.17. The summed E-state index contributed by atoms with van der Waals surface area (Å²) in [6.07, 6.45) is 0.154. The van der Waals surface area contributed by atoms with Crippen molar-refractivity contribution >= 4 is 0 Å². The van der Waals surface area contributed by atoms with E-state index in [1.165, 1.54) is 16.7 Å². The maximum absolute atomic E-state index is 5.97. The molecule has 3 heteroatoms. The zero-order valence-electron chi connectivity index (χ0n) is 12.5. The molecular weight excluding hydrogens is 236 g/mol. The van der Waals surface area contributed by atoms with Gasteiger partial charge in [-0.2, -0.15) is 0 Å². The lowest BCUT2D eigenvalue weighted by Crippen LogP contribution is -2.50. The van der Waals surface area contributed by atoms with E-state index in [0.717, 1.165) is 19.7 Å². The zero-order chi connectivity index (χ0) is 14.0. The van der Waals surface area contributed by atoms with E-state index in [9.17, 15) is 0 Å². The van der Waals surface area contributed by atoms with Gasteiger partial charge in [0.05, 0.1) is 12.7 Å². The summed E-state index contributed by atoms with van der Waals surface area (Å²) in [5.41, 5.74) is 10.1. The molecule has 0 amide bonds. The Morgan fingerprint density at radius 1 is 1.32 bits per heavy atom. The predicted molar refractivity (Wildman–Crippen MR) is 79.3 cm³/mol. The highest BCUT2D eigenvalue weighted by Gasteiger charge is 2.27. The average molecular weight is 262 g/mol. The highest BCUT2D eigenvalue weighted by molar-refractivity contribution is 5.32. The van der Waals surface area contributed by atoms with Crippen molar-refractivity contribution in [3.8, 4) is 0 Å². The fourth-order valence-electron chi connectivity index (χ4n) is 2.77. The highest BCUT2D eigenvalue weighted by atomic mass is 16.5. The lowest BCUT2D eigenvalue weighted by Gasteiger charge is -2.38. The topological polar surface area (TPSA) is 38.5 Å². The highest BCUT2D eigenvalue weighted by Crippen LogP contribution is 2.26. The molecule has 1 aromatic rings. The van der Waals surface area contributed by atoms with Crippen LogP contribution < -0.4 is 5.73 Å². The number of benzene rings is 1. The first-order valence-electron chi connectivity index (χ1n) is 7.17. The molecule has 1 heterocycles.